The van der Waals surface area contributed by atoms with Crippen molar-refractivity contribution in [2.45, 2.75) is 11.9 Å². The van der Waals surface area contributed by atoms with Gasteiger partial charge in [-0.1, -0.05) is 48.5 Å². The maximum absolute atomic E-state index is 4.84. The Balaban J connectivity index is 2.06. The summed E-state index contributed by atoms with van der Waals surface area (Å²) in [7, 11) is 0. The van der Waals surface area contributed by atoms with E-state index < -0.39 is 0 Å². The Hall–Kier alpha value is -2.59. The highest BCUT2D eigenvalue weighted by Crippen LogP contribution is 2.33. The van der Waals surface area contributed by atoms with Crippen LogP contribution in [0.5, 0.6) is 0 Å². The van der Waals surface area contributed by atoms with E-state index in [1.54, 1.807) is 11.8 Å². The van der Waals surface area contributed by atoms with Crippen molar-refractivity contribution in [1.29, 1.82) is 0 Å². The normalized spacial score (nSPS) is 11.1. The summed E-state index contributed by atoms with van der Waals surface area (Å²) in [5.41, 5.74) is 5.30. The summed E-state index contributed by atoms with van der Waals surface area (Å²) in [5.74, 6) is 0. The highest BCUT2D eigenvalue weighted by Gasteiger charge is 2.16. The fourth-order valence-corrected chi connectivity index (χ4v) is 3.38. The van der Waals surface area contributed by atoms with Crippen LogP contribution in [-0.4, -0.2) is 21.0 Å². The average molecular weight is 331 g/mol. The predicted octanol–water partition coefficient (Wildman–Crippen LogP) is 5.12. The van der Waals surface area contributed by atoms with Gasteiger partial charge in [0, 0.05) is 0 Å². The summed E-state index contributed by atoms with van der Waals surface area (Å²) >= 11 is 1.65. The summed E-state index contributed by atoms with van der Waals surface area (Å²) in [6.45, 7) is 2.05. The third-order valence-electron chi connectivity index (χ3n) is 4.08. The van der Waals surface area contributed by atoms with Crippen molar-refractivity contribution in [3.05, 3.63) is 72.4 Å². The molecule has 4 rings (SSSR count). The van der Waals surface area contributed by atoms with E-state index in [4.69, 9.17) is 10.1 Å². The van der Waals surface area contributed by atoms with E-state index in [1.807, 2.05) is 28.9 Å². The molecule has 0 saturated heterocycles. The Bertz CT molecular complexity index is 992. The molecule has 0 unspecified atom stereocenters. The van der Waals surface area contributed by atoms with E-state index in [2.05, 4.69) is 55.6 Å². The molecule has 0 bridgehead atoms. The van der Waals surface area contributed by atoms with Gasteiger partial charge in [0.25, 0.3) is 0 Å². The number of nitrogens with zero attached hydrogens (tertiary/aromatic N) is 3. The number of para-hydroxylation sites is 1. The molecule has 2 heterocycles. The Morgan fingerprint density at radius 2 is 1.58 bits per heavy atom. The number of pyridine rings is 1. The van der Waals surface area contributed by atoms with Crippen LogP contribution >= 0.6 is 11.8 Å². The SMILES string of the molecule is CSc1cc(-c2ccccc2)c2c(C)nn(-c3ccccc3)c2n1. The van der Waals surface area contributed by atoms with Crippen LogP contribution in [-0.2, 0) is 0 Å². The summed E-state index contributed by atoms with van der Waals surface area (Å²) in [6.07, 6.45) is 2.05. The van der Waals surface area contributed by atoms with Crippen LogP contribution in [0.3, 0.4) is 0 Å². The number of rotatable bonds is 3. The second-order valence-corrected chi connectivity index (χ2v) is 6.44. The Kier molecular flexibility index (Phi) is 3.82. The van der Waals surface area contributed by atoms with Gasteiger partial charge in [-0.2, -0.15) is 5.10 Å². The summed E-state index contributed by atoms with van der Waals surface area (Å²) in [5, 5.41) is 6.88. The molecule has 0 N–H and O–H groups in total. The fraction of sp³-hybridized carbons (Fsp3) is 0.100. The molecule has 0 amide bonds. The highest BCUT2D eigenvalue weighted by atomic mass is 32.2. The molecule has 118 valence electrons. The van der Waals surface area contributed by atoms with Gasteiger partial charge >= 0.3 is 0 Å². The lowest BCUT2D eigenvalue weighted by Gasteiger charge is -2.08. The quantitative estimate of drug-likeness (QED) is 0.488. The van der Waals surface area contributed by atoms with Crippen molar-refractivity contribution in [3.8, 4) is 16.8 Å². The van der Waals surface area contributed by atoms with Gasteiger partial charge in [0.1, 0.15) is 0 Å². The molecule has 2 aromatic heterocycles. The van der Waals surface area contributed by atoms with Crippen molar-refractivity contribution in [1.82, 2.24) is 14.8 Å². The topological polar surface area (TPSA) is 30.7 Å². The first-order valence-electron chi connectivity index (χ1n) is 7.83. The van der Waals surface area contributed by atoms with E-state index in [-0.39, 0.29) is 0 Å². The number of fused-ring (bicyclic) bond motifs is 1. The third-order valence-corrected chi connectivity index (χ3v) is 4.71. The van der Waals surface area contributed by atoms with Gasteiger partial charge in [-0.3, -0.25) is 0 Å². The Morgan fingerprint density at radius 1 is 0.917 bits per heavy atom. The van der Waals surface area contributed by atoms with E-state index in [0.717, 1.165) is 27.4 Å². The van der Waals surface area contributed by atoms with Crippen LogP contribution in [0.15, 0.2) is 71.8 Å². The van der Waals surface area contributed by atoms with E-state index in [1.165, 1.54) is 11.1 Å². The number of aromatic nitrogens is 3. The molecule has 0 aliphatic carbocycles. The van der Waals surface area contributed by atoms with Gasteiger partial charge in [0.2, 0.25) is 0 Å². The fourth-order valence-electron chi connectivity index (χ4n) is 2.97. The Labute approximate surface area is 145 Å². The van der Waals surface area contributed by atoms with Gasteiger partial charge in [0.15, 0.2) is 5.65 Å². The average Bonchev–Trinajstić information content (AvgIpc) is 2.99. The van der Waals surface area contributed by atoms with Crippen LogP contribution in [0.2, 0.25) is 0 Å². The number of thioether (sulfide) groups is 1. The van der Waals surface area contributed by atoms with Crippen LogP contribution in [0.25, 0.3) is 27.8 Å². The zero-order valence-corrected chi connectivity index (χ0v) is 14.4. The largest absolute Gasteiger partial charge is 0.222 e. The second kappa shape index (κ2) is 6.13. The van der Waals surface area contributed by atoms with Crippen molar-refractivity contribution in [3.63, 3.8) is 0 Å². The summed E-state index contributed by atoms with van der Waals surface area (Å²) in [6, 6.07) is 22.8. The first-order chi connectivity index (χ1) is 11.8. The predicted molar refractivity (Wildman–Crippen MR) is 101 cm³/mol. The lowest BCUT2D eigenvalue weighted by Crippen LogP contribution is -1.98. The van der Waals surface area contributed by atoms with Gasteiger partial charge in [-0.25, -0.2) is 9.67 Å². The van der Waals surface area contributed by atoms with Gasteiger partial charge < -0.3 is 0 Å². The molecular weight excluding hydrogens is 314 g/mol. The number of aryl methyl sites for hydroxylation is 1. The number of hydrogen-bond donors (Lipinski definition) is 0. The summed E-state index contributed by atoms with van der Waals surface area (Å²) in [4.78, 5) is 4.84. The zero-order valence-electron chi connectivity index (χ0n) is 13.6. The van der Waals surface area contributed by atoms with Crippen LogP contribution in [0, 0.1) is 6.92 Å². The molecule has 0 atom stereocenters. The molecule has 0 saturated carbocycles. The highest BCUT2D eigenvalue weighted by molar-refractivity contribution is 7.98. The minimum atomic E-state index is 0.907. The zero-order chi connectivity index (χ0) is 16.5. The van der Waals surface area contributed by atoms with Crippen molar-refractivity contribution < 1.29 is 0 Å². The van der Waals surface area contributed by atoms with Crippen LogP contribution in [0.4, 0.5) is 0 Å². The minimum Gasteiger partial charge on any atom is -0.222 e. The Morgan fingerprint density at radius 3 is 2.25 bits per heavy atom. The third kappa shape index (κ3) is 2.49. The second-order valence-electron chi connectivity index (χ2n) is 5.61. The lowest BCUT2D eigenvalue weighted by molar-refractivity contribution is 0.872. The molecule has 0 radical (unpaired) electrons. The molecule has 0 aliphatic rings. The first kappa shape index (κ1) is 15.0. The monoisotopic (exact) mass is 331 g/mol. The lowest BCUT2D eigenvalue weighted by atomic mass is 10.0. The summed E-state index contributed by atoms with van der Waals surface area (Å²) < 4.78 is 1.94. The van der Waals surface area contributed by atoms with Crippen LogP contribution in [0.1, 0.15) is 5.69 Å². The maximum Gasteiger partial charge on any atom is 0.165 e. The minimum absolute atomic E-state index is 0.907. The molecule has 24 heavy (non-hydrogen) atoms. The maximum atomic E-state index is 4.84. The van der Waals surface area contributed by atoms with Crippen molar-refractivity contribution in [2.24, 2.45) is 0 Å². The van der Waals surface area contributed by atoms with Crippen molar-refractivity contribution >= 4 is 22.8 Å². The van der Waals surface area contributed by atoms with Gasteiger partial charge in [-0.05, 0) is 42.5 Å². The van der Waals surface area contributed by atoms with E-state index >= 15 is 0 Å². The van der Waals surface area contributed by atoms with Gasteiger partial charge in [-0.15, -0.1) is 11.8 Å². The number of benzene rings is 2. The van der Waals surface area contributed by atoms with E-state index in [9.17, 15) is 0 Å². The standard InChI is InChI=1S/C20H17N3S/c1-14-19-17(15-9-5-3-6-10-15)13-18(24-2)21-20(19)23(22-14)16-11-7-4-8-12-16/h3-13H,1-2H3. The smallest absolute Gasteiger partial charge is 0.165 e. The molecule has 2 aromatic carbocycles. The van der Waals surface area contributed by atoms with E-state index in [0.29, 0.717) is 0 Å². The van der Waals surface area contributed by atoms with Crippen LogP contribution < -0.4 is 0 Å². The molecule has 4 heteroatoms. The molecule has 3 nitrogen and oxygen atoms in total. The van der Waals surface area contributed by atoms with Crippen molar-refractivity contribution in [2.75, 3.05) is 6.26 Å². The molecule has 0 fully saturated rings. The molecule has 4 aromatic rings. The molecule has 0 aliphatic heterocycles. The molecular formula is C20H17N3S. The van der Waals surface area contributed by atoms with Gasteiger partial charge in [0.05, 0.1) is 21.8 Å². The number of hydrogen-bond acceptors (Lipinski definition) is 3. The molecule has 0 spiro atoms. The first-order valence-corrected chi connectivity index (χ1v) is 9.05.